The number of rotatable bonds is 14. The molecule has 0 bridgehead atoms. The molecule has 0 amide bonds. The topological polar surface area (TPSA) is 23.6 Å². The van der Waals surface area contributed by atoms with Crippen LogP contribution in [0.3, 0.4) is 0 Å². The molecule has 0 aliphatic heterocycles. The molecule has 3 heteroatoms. The zero-order chi connectivity index (χ0) is 18.4. The van der Waals surface area contributed by atoms with Gasteiger partial charge in [-0.25, -0.2) is 4.79 Å². The summed E-state index contributed by atoms with van der Waals surface area (Å²) in [6, 6.07) is 0. The predicted octanol–water partition coefficient (Wildman–Crippen LogP) is 3.49. The lowest BCUT2D eigenvalue weighted by Gasteiger charge is -2.28. The van der Waals surface area contributed by atoms with Gasteiger partial charge < -0.3 is 0 Å². The molecule has 0 saturated carbocycles. The second kappa shape index (κ2) is 13.6. The molecule has 0 N–H and O–H groups in total. The van der Waals surface area contributed by atoms with E-state index in [0.29, 0.717) is 13.0 Å². The lowest BCUT2D eigenvalue weighted by Crippen LogP contribution is -2.38. The van der Waals surface area contributed by atoms with Crippen molar-refractivity contribution in [3.05, 3.63) is 42.5 Å². The van der Waals surface area contributed by atoms with Crippen LogP contribution in [-0.2, 0) is 4.79 Å². The van der Waals surface area contributed by atoms with E-state index in [0.717, 1.165) is 56.7 Å². The van der Waals surface area contributed by atoms with Gasteiger partial charge in [-0.15, -0.1) is 6.42 Å². The zero-order valence-corrected chi connectivity index (χ0v) is 15.4. The number of hydrogen-bond donors (Lipinski definition) is 0. The van der Waals surface area contributed by atoms with E-state index in [1.807, 2.05) is 12.9 Å². The summed E-state index contributed by atoms with van der Waals surface area (Å²) in [6.07, 6.45) is 9.82. The van der Waals surface area contributed by atoms with Crippen LogP contribution in [0.25, 0.3) is 0 Å². The summed E-state index contributed by atoms with van der Waals surface area (Å²) in [5.41, 5.74) is 3.12. The maximum absolute atomic E-state index is 10.3. The van der Waals surface area contributed by atoms with Crippen molar-refractivity contribution in [2.75, 3.05) is 39.3 Å². The molecule has 0 aliphatic rings. The van der Waals surface area contributed by atoms with E-state index >= 15 is 0 Å². The first-order valence-corrected chi connectivity index (χ1v) is 8.52. The monoisotopic (exact) mass is 328 g/mol. The van der Waals surface area contributed by atoms with Gasteiger partial charge in [0.1, 0.15) is 5.94 Å². The average Bonchev–Trinajstić information content (AvgIpc) is 2.51. The van der Waals surface area contributed by atoms with E-state index in [-0.39, 0.29) is 0 Å². The predicted molar refractivity (Wildman–Crippen MR) is 105 cm³/mol. The standard InChI is InChI=1S/C21H32N2O/c1-7-11-21(6)18-23(17-20(5)8-2)14-13-22(16-19(3)4)12-9-10-15-24/h2,10H,3,5-7,9,11-14,16-18H2,1,4H3. The quantitative estimate of drug-likeness (QED) is 0.277. The smallest absolute Gasteiger partial charge is 0.120 e. The van der Waals surface area contributed by atoms with Crippen LogP contribution in [0.1, 0.15) is 33.1 Å². The molecule has 0 aliphatic carbocycles. The Morgan fingerprint density at radius 1 is 1.08 bits per heavy atom. The van der Waals surface area contributed by atoms with Crippen molar-refractivity contribution in [3.63, 3.8) is 0 Å². The highest BCUT2D eigenvalue weighted by molar-refractivity contribution is 5.44. The fraction of sp³-hybridized carbons (Fsp3) is 0.524. The fourth-order valence-electron chi connectivity index (χ4n) is 2.52. The summed E-state index contributed by atoms with van der Waals surface area (Å²) >= 11 is 0. The van der Waals surface area contributed by atoms with Crippen molar-refractivity contribution in [3.8, 4) is 12.3 Å². The van der Waals surface area contributed by atoms with Crippen LogP contribution in [0.2, 0.25) is 0 Å². The highest BCUT2D eigenvalue weighted by Crippen LogP contribution is 2.08. The van der Waals surface area contributed by atoms with Crippen LogP contribution in [0, 0.1) is 12.3 Å². The number of carbonyl (C=O) groups excluding carboxylic acids is 1. The van der Waals surface area contributed by atoms with Gasteiger partial charge in [-0.05, 0) is 19.8 Å². The number of terminal acetylenes is 1. The van der Waals surface area contributed by atoms with Crippen molar-refractivity contribution < 1.29 is 4.79 Å². The highest BCUT2D eigenvalue weighted by atomic mass is 16.1. The van der Waals surface area contributed by atoms with E-state index < -0.39 is 0 Å². The summed E-state index contributed by atoms with van der Waals surface area (Å²) in [6.45, 7) is 21.2. The van der Waals surface area contributed by atoms with Gasteiger partial charge in [0.25, 0.3) is 0 Å². The molecule has 0 rings (SSSR count). The van der Waals surface area contributed by atoms with E-state index in [2.05, 4.69) is 42.4 Å². The first kappa shape index (κ1) is 22.1. The summed E-state index contributed by atoms with van der Waals surface area (Å²) in [5, 5.41) is 0. The highest BCUT2D eigenvalue weighted by Gasteiger charge is 2.11. The molecule has 0 saturated heterocycles. The van der Waals surface area contributed by atoms with Crippen LogP contribution in [0.4, 0.5) is 0 Å². The van der Waals surface area contributed by atoms with Crippen molar-refractivity contribution in [1.82, 2.24) is 9.80 Å². The summed E-state index contributed by atoms with van der Waals surface area (Å²) in [5.74, 6) is 4.46. The minimum Gasteiger partial charge on any atom is -0.298 e. The van der Waals surface area contributed by atoms with E-state index in [1.54, 1.807) is 0 Å². The average molecular weight is 329 g/mol. The number of nitrogens with zero attached hydrogens (tertiary/aromatic N) is 2. The Hall–Kier alpha value is -1.85. The van der Waals surface area contributed by atoms with Crippen molar-refractivity contribution in [2.45, 2.75) is 33.1 Å². The Bertz CT molecular complexity index is 506. The van der Waals surface area contributed by atoms with Crippen molar-refractivity contribution in [1.29, 1.82) is 0 Å². The van der Waals surface area contributed by atoms with E-state index in [1.165, 1.54) is 11.6 Å². The second-order valence-electron chi connectivity index (χ2n) is 6.30. The molecule has 0 spiro atoms. The van der Waals surface area contributed by atoms with Gasteiger partial charge in [0.15, 0.2) is 0 Å². The Labute approximate surface area is 148 Å². The van der Waals surface area contributed by atoms with Gasteiger partial charge in [-0.1, -0.05) is 50.1 Å². The third-order valence-corrected chi connectivity index (χ3v) is 3.57. The lowest BCUT2D eigenvalue weighted by atomic mass is 10.1. The minimum absolute atomic E-state index is 0.689. The van der Waals surface area contributed by atoms with Gasteiger partial charge in [0.2, 0.25) is 0 Å². The van der Waals surface area contributed by atoms with Crippen LogP contribution >= 0.6 is 0 Å². The number of hydrogen-bond acceptors (Lipinski definition) is 3. The molecule has 0 aromatic rings. The molecule has 3 nitrogen and oxygen atoms in total. The van der Waals surface area contributed by atoms with Crippen molar-refractivity contribution >= 4 is 5.94 Å². The van der Waals surface area contributed by atoms with Gasteiger partial charge in [0.05, 0.1) is 0 Å². The second-order valence-corrected chi connectivity index (χ2v) is 6.30. The first-order chi connectivity index (χ1) is 11.4. The van der Waals surface area contributed by atoms with Crippen LogP contribution < -0.4 is 0 Å². The van der Waals surface area contributed by atoms with Crippen molar-refractivity contribution in [2.24, 2.45) is 0 Å². The Morgan fingerprint density at radius 2 is 1.75 bits per heavy atom. The maximum Gasteiger partial charge on any atom is 0.120 e. The molecular formula is C21H32N2O. The Morgan fingerprint density at radius 3 is 2.29 bits per heavy atom. The maximum atomic E-state index is 10.3. The third kappa shape index (κ3) is 11.7. The zero-order valence-electron chi connectivity index (χ0n) is 15.4. The molecule has 0 unspecified atom stereocenters. The third-order valence-electron chi connectivity index (χ3n) is 3.57. The molecular weight excluding hydrogens is 296 g/mol. The minimum atomic E-state index is 0.689. The van der Waals surface area contributed by atoms with Gasteiger partial charge >= 0.3 is 0 Å². The Kier molecular flexibility index (Phi) is 12.5. The summed E-state index contributed by atoms with van der Waals surface area (Å²) in [4.78, 5) is 14.9. The van der Waals surface area contributed by atoms with Gasteiger partial charge in [-0.2, -0.15) is 0 Å². The molecule has 24 heavy (non-hydrogen) atoms. The molecule has 0 aromatic carbocycles. The van der Waals surface area contributed by atoms with E-state index in [9.17, 15) is 4.79 Å². The Balaban J connectivity index is 4.71. The lowest BCUT2D eigenvalue weighted by molar-refractivity contribution is 0.234. The first-order valence-electron chi connectivity index (χ1n) is 8.52. The van der Waals surface area contributed by atoms with Gasteiger partial charge in [-0.3, -0.25) is 9.80 Å². The fourth-order valence-corrected chi connectivity index (χ4v) is 2.52. The largest absolute Gasteiger partial charge is 0.298 e. The molecule has 132 valence electrons. The molecule has 0 atom stereocenters. The normalized spacial score (nSPS) is 10.3. The van der Waals surface area contributed by atoms with E-state index in [4.69, 9.17) is 6.42 Å². The van der Waals surface area contributed by atoms with Gasteiger partial charge in [0, 0.05) is 50.9 Å². The SMILES string of the molecule is C#CC(=C)CN(CCN(CCC=C=O)CC(=C)C)CC(=C)CCC. The molecule has 0 fully saturated rings. The summed E-state index contributed by atoms with van der Waals surface area (Å²) < 4.78 is 0. The van der Waals surface area contributed by atoms with Crippen LogP contribution in [-0.4, -0.2) is 55.0 Å². The molecule has 0 aromatic heterocycles. The van der Waals surface area contributed by atoms with Crippen LogP contribution in [0.5, 0.6) is 0 Å². The molecule has 0 radical (unpaired) electrons. The molecule has 0 heterocycles. The summed E-state index contributed by atoms with van der Waals surface area (Å²) in [7, 11) is 0. The van der Waals surface area contributed by atoms with Crippen LogP contribution in [0.15, 0.2) is 42.5 Å².